The standard InChI is InChI=1S/C9H14ClN3O/c1-2-13(5-3-4-10)9(14)8-6-11-12-7-8/h6-7H,2-5H2,1H3,(H,11,12). The minimum absolute atomic E-state index is 0.00590. The molecule has 1 aromatic rings. The van der Waals surface area contributed by atoms with Crippen LogP contribution in [0, 0.1) is 0 Å². The Labute approximate surface area is 88.2 Å². The van der Waals surface area contributed by atoms with Crippen LogP contribution in [0.3, 0.4) is 0 Å². The van der Waals surface area contributed by atoms with Crippen molar-refractivity contribution in [3.8, 4) is 0 Å². The van der Waals surface area contributed by atoms with Crippen molar-refractivity contribution < 1.29 is 4.79 Å². The van der Waals surface area contributed by atoms with E-state index in [0.717, 1.165) is 6.42 Å². The lowest BCUT2D eigenvalue weighted by atomic mass is 10.3. The highest BCUT2D eigenvalue weighted by atomic mass is 35.5. The van der Waals surface area contributed by atoms with Crippen LogP contribution in [-0.4, -0.2) is 40.0 Å². The van der Waals surface area contributed by atoms with Gasteiger partial charge in [0.05, 0.1) is 11.8 Å². The molecule has 0 aromatic carbocycles. The van der Waals surface area contributed by atoms with E-state index in [1.54, 1.807) is 11.1 Å². The molecule has 5 heteroatoms. The zero-order valence-electron chi connectivity index (χ0n) is 8.16. The van der Waals surface area contributed by atoms with Gasteiger partial charge in [0.25, 0.3) is 5.91 Å². The average molecular weight is 216 g/mol. The van der Waals surface area contributed by atoms with Gasteiger partial charge in [0.2, 0.25) is 0 Å². The first kappa shape index (κ1) is 11.0. The normalized spacial score (nSPS) is 10.1. The van der Waals surface area contributed by atoms with Crippen molar-refractivity contribution in [1.82, 2.24) is 15.1 Å². The van der Waals surface area contributed by atoms with E-state index in [9.17, 15) is 4.79 Å². The summed E-state index contributed by atoms with van der Waals surface area (Å²) in [7, 11) is 0. The summed E-state index contributed by atoms with van der Waals surface area (Å²) in [5, 5.41) is 6.36. The lowest BCUT2D eigenvalue weighted by Gasteiger charge is -2.19. The summed E-state index contributed by atoms with van der Waals surface area (Å²) < 4.78 is 0. The summed E-state index contributed by atoms with van der Waals surface area (Å²) in [4.78, 5) is 13.5. The SMILES string of the molecule is CCN(CCCCl)C(=O)c1cn[nH]c1. The Hall–Kier alpha value is -1.03. The molecule has 4 nitrogen and oxygen atoms in total. The Morgan fingerprint density at radius 2 is 2.50 bits per heavy atom. The molecular formula is C9H14ClN3O. The summed E-state index contributed by atoms with van der Waals surface area (Å²) in [5.41, 5.74) is 0.599. The van der Waals surface area contributed by atoms with Crippen molar-refractivity contribution in [2.24, 2.45) is 0 Å². The lowest BCUT2D eigenvalue weighted by molar-refractivity contribution is 0.0765. The number of nitrogens with one attached hydrogen (secondary N) is 1. The van der Waals surface area contributed by atoms with Gasteiger partial charge in [-0.1, -0.05) is 0 Å². The van der Waals surface area contributed by atoms with Crippen molar-refractivity contribution >= 4 is 17.5 Å². The fourth-order valence-electron chi connectivity index (χ4n) is 1.20. The van der Waals surface area contributed by atoms with Crippen LogP contribution < -0.4 is 0 Å². The van der Waals surface area contributed by atoms with Gasteiger partial charge in [0, 0.05) is 25.2 Å². The predicted molar refractivity (Wildman–Crippen MR) is 55.5 cm³/mol. The van der Waals surface area contributed by atoms with Crippen molar-refractivity contribution in [2.75, 3.05) is 19.0 Å². The number of carbonyl (C=O) groups is 1. The van der Waals surface area contributed by atoms with E-state index >= 15 is 0 Å². The number of hydrogen-bond acceptors (Lipinski definition) is 2. The summed E-state index contributed by atoms with van der Waals surface area (Å²) in [6.07, 6.45) is 3.95. The summed E-state index contributed by atoms with van der Waals surface area (Å²) in [6, 6.07) is 0. The number of aromatic amines is 1. The van der Waals surface area contributed by atoms with E-state index in [4.69, 9.17) is 11.6 Å². The van der Waals surface area contributed by atoms with Crippen LogP contribution in [0.2, 0.25) is 0 Å². The van der Waals surface area contributed by atoms with Crippen LogP contribution in [0.1, 0.15) is 23.7 Å². The van der Waals surface area contributed by atoms with E-state index in [2.05, 4.69) is 10.2 Å². The topological polar surface area (TPSA) is 49.0 Å². The molecule has 1 aromatic heterocycles. The quantitative estimate of drug-likeness (QED) is 0.757. The molecule has 78 valence electrons. The van der Waals surface area contributed by atoms with Crippen molar-refractivity contribution in [2.45, 2.75) is 13.3 Å². The van der Waals surface area contributed by atoms with Gasteiger partial charge < -0.3 is 4.90 Å². The van der Waals surface area contributed by atoms with Crippen molar-refractivity contribution in [3.63, 3.8) is 0 Å². The number of amides is 1. The molecule has 0 unspecified atom stereocenters. The van der Waals surface area contributed by atoms with Crippen molar-refractivity contribution in [3.05, 3.63) is 18.0 Å². The number of carbonyl (C=O) groups excluding carboxylic acids is 1. The summed E-state index contributed by atoms with van der Waals surface area (Å²) in [6.45, 7) is 3.34. The maximum absolute atomic E-state index is 11.8. The first-order valence-corrected chi connectivity index (χ1v) is 5.17. The number of hydrogen-bond donors (Lipinski definition) is 1. The first-order chi connectivity index (χ1) is 6.79. The third-order valence-corrected chi connectivity index (χ3v) is 2.24. The smallest absolute Gasteiger partial charge is 0.257 e. The molecule has 0 spiro atoms. The molecule has 0 fully saturated rings. The Bertz CT molecular complexity index is 274. The molecule has 14 heavy (non-hydrogen) atoms. The number of halogens is 1. The molecule has 0 saturated carbocycles. The van der Waals surface area contributed by atoms with Gasteiger partial charge in [-0.2, -0.15) is 5.10 Å². The minimum Gasteiger partial charge on any atom is -0.339 e. The molecule has 0 aliphatic carbocycles. The van der Waals surface area contributed by atoms with Gasteiger partial charge in [0.1, 0.15) is 0 Å². The van der Waals surface area contributed by atoms with Gasteiger partial charge in [-0.3, -0.25) is 9.89 Å². The zero-order chi connectivity index (χ0) is 10.4. The highest BCUT2D eigenvalue weighted by Crippen LogP contribution is 2.03. The predicted octanol–water partition coefficient (Wildman–Crippen LogP) is 1.50. The van der Waals surface area contributed by atoms with Gasteiger partial charge in [0.15, 0.2) is 0 Å². The molecule has 0 saturated heterocycles. The van der Waals surface area contributed by atoms with Crippen LogP contribution in [0.4, 0.5) is 0 Å². The molecule has 0 radical (unpaired) electrons. The maximum Gasteiger partial charge on any atom is 0.257 e. The van der Waals surface area contributed by atoms with Gasteiger partial charge in [-0.15, -0.1) is 11.6 Å². The van der Waals surface area contributed by atoms with E-state index in [-0.39, 0.29) is 5.91 Å². The van der Waals surface area contributed by atoms with E-state index in [1.165, 1.54) is 6.20 Å². The molecular weight excluding hydrogens is 202 g/mol. The lowest BCUT2D eigenvalue weighted by Crippen LogP contribution is -2.31. The number of rotatable bonds is 5. The fourth-order valence-corrected chi connectivity index (χ4v) is 1.32. The fraction of sp³-hybridized carbons (Fsp3) is 0.556. The highest BCUT2D eigenvalue weighted by molar-refractivity contribution is 6.17. The second-order valence-corrected chi connectivity index (χ2v) is 3.29. The van der Waals surface area contributed by atoms with E-state index in [1.807, 2.05) is 6.92 Å². The van der Waals surface area contributed by atoms with Crippen LogP contribution in [0.25, 0.3) is 0 Å². The Balaban J connectivity index is 2.56. The third-order valence-electron chi connectivity index (χ3n) is 1.98. The van der Waals surface area contributed by atoms with E-state index in [0.29, 0.717) is 24.5 Å². The third kappa shape index (κ3) is 2.73. The van der Waals surface area contributed by atoms with Gasteiger partial charge in [-0.25, -0.2) is 0 Å². The highest BCUT2D eigenvalue weighted by Gasteiger charge is 2.13. The Morgan fingerprint density at radius 1 is 1.71 bits per heavy atom. The van der Waals surface area contributed by atoms with Crippen molar-refractivity contribution in [1.29, 1.82) is 0 Å². The molecule has 0 aliphatic rings. The number of aromatic nitrogens is 2. The zero-order valence-corrected chi connectivity index (χ0v) is 8.92. The van der Waals surface area contributed by atoms with Gasteiger partial charge in [-0.05, 0) is 13.3 Å². The second kappa shape index (κ2) is 5.65. The van der Waals surface area contributed by atoms with Crippen LogP contribution in [-0.2, 0) is 0 Å². The molecule has 1 amide bonds. The monoisotopic (exact) mass is 215 g/mol. The van der Waals surface area contributed by atoms with Crippen LogP contribution >= 0.6 is 11.6 Å². The molecule has 1 heterocycles. The largest absolute Gasteiger partial charge is 0.339 e. The molecule has 0 atom stereocenters. The average Bonchev–Trinajstić information content (AvgIpc) is 2.71. The van der Waals surface area contributed by atoms with E-state index < -0.39 is 0 Å². The molecule has 0 bridgehead atoms. The summed E-state index contributed by atoms with van der Waals surface area (Å²) in [5.74, 6) is 0.584. The first-order valence-electron chi connectivity index (χ1n) is 4.63. The Kier molecular flexibility index (Phi) is 4.46. The van der Waals surface area contributed by atoms with Crippen LogP contribution in [0.15, 0.2) is 12.4 Å². The molecule has 1 N–H and O–H groups in total. The maximum atomic E-state index is 11.8. The number of nitrogens with zero attached hydrogens (tertiary/aromatic N) is 2. The van der Waals surface area contributed by atoms with Gasteiger partial charge >= 0.3 is 0 Å². The second-order valence-electron chi connectivity index (χ2n) is 2.91. The minimum atomic E-state index is 0.00590. The molecule has 0 aliphatic heterocycles. The summed E-state index contributed by atoms with van der Waals surface area (Å²) >= 11 is 5.58. The van der Waals surface area contributed by atoms with Crippen LogP contribution in [0.5, 0.6) is 0 Å². The Morgan fingerprint density at radius 3 is 3.00 bits per heavy atom. The molecule has 1 rings (SSSR count). The number of H-pyrrole nitrogens is 1. The number of alkyl halides is 1.